The number of likely N-dealkylation sites (N-methyl/N-ethyl adjacent to an activating group) is 1. The Balaban J connectivity index is 1.58. The molecule has 4 amide bonds. The Labute approximate surface area is 265 Å². The number of hydrogen-bond acceptors (Lipinski definition) is 7. The van der Waals surface area contributed by atoms with Crippen LogP contribution in [0.25, 0.3) is 0 Å². The van der Waals surface area contributed by atoms with E-state index < -0.39 is 63.4 Å². The number of amides is 4. The van der Waals surface area contributed by atoms with Crippen LogP contribution in [0.1, 0.15) is 72.6 Å². The number of likely N-dealkylation sites (tertiary alicyclic amines) is 1. The van der Waals surface area contributed by atoms with Gasteiger partial charge in [-0.3, -0.25) is 9.59 Å². The van der Waals surface area contributed by atoms with Crippen LogP contribution in [0.2, 0.25) is 0 Å². The normalized spacial score (nSPS) is 20.3. The lowest BCUT2D eigenvalue weighted by atomic mass is 9.87. The second-order valence-corrected chi connectivity index (χ2v) is 14.6. The van der Waals surface area contributed by atoms with Gasteiger partial charge in [-0.2, -0.15) is 4.31 Å². The van der Waals surface area contributed by atoms with Gasteiger partial charge in [0, 0.05) is 44.4 Å². The molecular weight excluding hydrogens is 600 g/mol. The molecule has 0 aromatic carbocycles. The van der Waals surface area contributed by atoms with E-state index in [0.29, 0.717) is 25.0 Å². The first-order valence-corrected chi connectivity index (χ1v) is 16.8. The van der Waals surface area contributed by atoms with Gasteiger partial charge in [0.25, 0.3) is 10.0 Å². The Hall–Kier alpha value is -3.74. The smallest absolute Gasteiger partial charge is 0.334 e. The fourth-order valence-electron chi connectivity index (χ4n) is 5.11. The average Bonchev–Trinajstić information content (AvgIpc) is 3.45. The topological polar surface area (TPSA) is 178 Å². The third-order valence-corrected chi connectivity index (χ3v) is 9.88. The molecule has 1 unspecified atom stereocenters. The van der Waals surface area contributed by atoms with Crippen molar-refractivity contribution in [3.8, 4) is 0 Å². The lowest BCUT2D eigenvalue weighted by Crippen LogP contribution is -2.56. The molecule has 248 valence electrons. The van der Waals surface area contributed by atoms with Gasteiger partial charge < -0.3 is 26.0 Å². The maximum atomic E-state index is 13.2. The molecule has 0 bridgehead atoms. The number of sulfonamides is 1. The van der Waals surface area contributed by atoms with Crippen LogP contribution in [0, 0.1) is 5.41 Å². The van der Waals surface area contributed by atoms with Crippen LogP contribution in [0.15, 0.2) is 46.8 Å². The molecule has 13 nitrogen and oxygen atoms in total. The van der Waals surface area contributed by atoms with Crippen LogP contribution in [0.4, 0.5) is 4.79 Å². The van der Waals surface area contributed by atoms with Crippen LogP contribution in [-0.2, 0) is 24.4 Å². The summed E-state index contributed by atoms with van der Waals surface area (Å²) in [6.45, 7) is 7.50. The maximum absolute atomic E-state index is 13.2. The quantitative estimate of drug-likeness (QED) is 0.176. The van der Waals surface area contributed by atoms with Crippen molar-refractivity contribution in [2.45, 2.75) is 95.3 Å². The average molecular weight is 647 g/mol. The Morgan fingerprint density at radius 3 is 2.60 bits per heavy atom. The molecule has 14 heteroatoms. The van der Waals surface area contributed by atoms with E-state index in [2.05, 4.69) is 33.6 Å². The molecule has 2 fully saturated rings. The minimum absolute atomic E-state index is 0.0478. The number of hydrogen-bond donors (Lipinski definition) is 4. The fourth-order valence-corrected chi connectivity index (χ4v) is 6.22. The summed E-state index contributed by atoms with van der Waals surface area (Å²) in [5, 5.41) is 17.7. The minimum Gasteiger partial charge on any atom is -0.479 e. The Kier molecular flexibility index (Phi) is 11.9. The summed E-state index contributed by atoms with van der Waals surface area (Å²) in [5.74, 6) is -2.21. The van der Waals surface area contributed by atoms with Crippen molar-refractivity contribution in [3.05, 3.63) is 41.8 Å². The standard InChI is InChI=1S/C31H46N6O7S/c1-6-7-8-9-10-14-22-19-31(22,28(40)41)35-27(39)23-15-13-18-37(23)26(38)20-33-29(42)34-24(30(2,3)4)21-36(5)45(43,44)25-16-11-12-17-32-25/h10-12,16-17,23-24H,6-9,13,15,18-21H2,1-5H3,(H,35,39)(H,40,41)(H2,33,34,42)/t14?,23-,24?,31+/m0/s1. The molecule has 1 saturated heterocycles. The summed E-state index contributed by atoms with van der Waals surface area (Å²) in [6.07, 6.45) is 8.19. The molecule has 1 aliphatic carbocycles. The van der Waals surface area contributed by atoms with E-state index in [9.17, 15) is 32.7 Å². The monoisotopic (exact) mass is 646 g/mol. The van der Waals surface area contributed by atoms with E-state index in [4.69, 9.17) is 0 Å². The number of rotatable bonds is 14. The van der Waals surface area contributed by atoms with Gasteiger partial charge in [0.15, 0.2) is 10.6 Å². The highest BCUT2D eigenvalue weighted by molar-refractivity contribution is 7.89. The zero-order chi connectivity index (χ0) is 33.4. The third-order valence-electron chi connectivity index (χ3n) is 8.14. The Morgan fingerprint density at radius 1 is 1.24 bits per heavy atom. The maximum Gasteiger partial charge on any atom is 0.334 e. The first-order valence-electron chi connectivity index (χ1n) is 15.3. The van der Waals surface area contributed by atoms with E-state index in [-0.39, 0.29) is 18.0 Å². The van der Waals surface area contributed by atoms with E-state index >= 15 is 0 Å². The lowest BCUT2D eigenvalue weighted by Gasteiger charge is -2.34. The predicted molar refractivity (Wildman–Crippen MR) is 167 cm³/mol. The number of aliphatic carboxylic acids is 1. The van der Waals surface area contributed by atoms with Gasteiger partial charge in [-0.1, -0.05) is 46.6 Å². The Morgan fingerprint density at radius 2 is 1.98 bits per heavy atom. The molecule has 4 N–H and O–H groups in total. The highest BCUT2D eigenvalue weighted by Gasteiger charge is 2.58. The van der Waals surface area contributed by atoms with Crippen molar-refractivity contribution in [1.82, 2.24) is 30.1 Å². The van der Waals surface area contributed by atoms with Crippen molar-refractivity contribution in [1.29, 1.82) is 0 Å². The summed E-state index contributed by atoms with van der Waals surface area (Å²) in [5.41, 5.74) is 1.47. The summed E-state index contributed by atoms with van der Waals surface area (Å²) < 4.78 is 27.1. The summed E-state index contributed by atoms with van der Waals surface area (Å²) in [4.78, 5) is 56.5. The number of aromatic nitrogens is 1. The largest absolute Gasteiger partial charge is 0.479 e. The number of carboxylic acid groups (broad SMARTS) is 1. The van der Waals surface area contributed by atoms with Gasteiger partial charge >= 0.3 is 12.0 Å². The molecule has 1 saturated carbocycles. The van der Waals surface area contributed by atoms with Gasteiger partial charge in [-0.15, -0.1) is 5.73 Å². The Bertz CT molecular complexity index is 1420. The van der Waals surface area contributed by atoms with Gasteiger partial charge in [-0.05, 0) is 49.3 Å². The number of urea groups is 1. The SMILES string of the molecule is CCCCCC=C=C1C[C@]1(NC(=O)[C@@H]1CCCN1C(=O)CNC(=O)NC(CN(C)S(=O)(=O)c1ccccn1)C(C)(C)C)C(=O)O. The molecule has 1 aliphatic heterocycles. The zero-order valence-electron chi connectivity index (χ0n) is 26.8. The molecule has 2 heterocycles. The van der Waals surface area contributed by atoms with Gasteiger partial charge in [0.2, 0.25) is 11.8 Å². The van der Waals surface area contributed by atoms with Crippen molar-refractivity contribution in [2.75, 3.05) is 26.7 Å². The van der Waals surface area contributed by atoms with E-state index in [1.165, 1.54) is 24.2 Å². The molecule has 45 heavy (non-hydrogen) atoms. The number of unbranched alkanes of at least 4 members (excludes halogenated alkanes) is 3. The number of carbonyl (C=O) groups excluding carboxylic acids is 3. The number of carboxylic acids is 1. The molecule has 0 spiro atoms. The van der Waals surface area contributed by atoms with Crippen LogP contribution in [0.3, 0.4) is 0 Å². The molecular formula is C31H46N6O7S. The predicted octanol–water partition coefficient (Wildman–Crippen LogP) is 2.41. The van der Waals surface area contributed by atoms with Crippen molar-refractivity contribution in [2.24, 2.45) is 5.41 Å². The fraction of sp³-hybridized carbons (Fsp3) is 0.613. The number of carbonyl (C=O) groups is 4. The first kappa shape index (κ1) is 35.7. The van der Waals surface area contributed by atoms with E-state index in [1.807, 2.05) is 26.8 Å². The second-order valence-electron chi connectivity index (χ2n) is 12.6. The second kappa shape index (κ2) is 15.0. The zero-order valence-corrected chi connectivity index (χ0v) is 27.6. The van der Waals surface area contributed by atoms with Gasteiger partial charge in [0.05, 0.1) is 6.54 Å². The highest BCUT2D eigenvalue weighted by Crippen LogP contribution is 2.42. The van der Waals surface area contributed by atoms with Crippen LogP contribution < -0.4 is 16.0 Å². The van der Waals surface area contributed by atoms with Crippen molar-refractivity contribution in [3.63, 3.8) is 0 Å². The summed E-state index contributed by atoms with van der Waals surface area (Å²) >= 11 is 0. The third kappa shape index (κ3) is 9.15. The number of nitrogens with one attached hydrogen (secondary N) is 3. The van der Waals surface area contributed by atoms with Crippen molar-refractivity contribution < 1.29 is 32.7 Å². The number of pyridine rings is 1. The van der Waals surface area contributed by atoms with E-state index in [0.717, 1.165) is 30.0 Å². The highest BCUT2D eigenvalue weighted by atomic mass is 32.2. The van der Waals surface area contributed by atoms with E-state index in [1.54, 1.807) is 12.1 Å². The van der Waals surface area contributed by atoms with Crippen molar-refractivity contribution >= 4 is 33.8 Å². The van der Waals surface area contributed by atoms with Gasteiger partial charge in [0.1, 0.15) is 6.04 Å². The summed E-state index contributed by atoms with van der Waals surface area (Å²) in [7, 11) is -2.49. The molecule has 2 aliphatic rings. The first-order chi connectivity index (χ1) is 21.1. The molecule has 3 rings (SSSR count). The minimum atomic E-state index is -3.90. The van der Waals surface area contributed by atoms with Crippen LogP contribution in [-0.4, -0.2) is 95.8 Å². The van der Waals surface area contributed by atoms with Crippen LogP contribution >= 0.6 is 0 Å². The molecule has 1 aromatic heterocycles. The molecule has 1 aromatic rings. The lowest BCUT2D eigenvalue weighted by molar-refractivity contribution is -0.144. The van der Waals surface area contributed by atoms with Crippen LogP contribution in [0.5, 0.6) is 0 Å². The summed E-state index contributed by atoms with van der Waals surface area (Å²) in [6, 6.07) is 2.42. The number of nitrogens with zero attached hydrogens (tertiary/aromatic N) is 3. The molecule has 3 atom stereocenters. The van der Waals surface area contributed by atoms with Gasteiger partial charge in [-0.25, -0.2) is 23.0 Å². The molecule has 0 radical (unpaired) electrons.